The number of esters is 1. The predicted molar refractivity (Wildman–Crippen MR) is 66.4 cm³/mol. The summed E-state index contributed by atoms with van der Waals surface area (Å²) in [6.07, 6.45) is 2.35. The smallest absolute Gasteiger partial charge is 0.376 e. The minimum atomic E-state index is -0.390. The van der Waals surface area contributed by atoms with Gasteiger partial charge in [-0.05, 0) is 40.3 Å². The Kier molecular flexibility index (Phi) is 3.96. The van der Waals surface area contributed by atoms with Crippen molar-refractivity contribution in [1.82, 2.24) is 19.7 Å². The van der Waals surface area contributed by atoms with E-state index in [1.54, 1.807) is 6.92 Å². The number of carbonyl (C=O) groups is 1. The van der Waals surface area contributed by atoms with E-state index in [2.05, 4.69) is 22.1 Å². The van der Waals surface area contributed by atoms with Gasteiger partial charge in [-0.15, -0.1) is 10.2 Å². The van der Waals surface area contributed by atoms with Gasteiger partial charge in [0.1, 0.15) is 5.82 Å². The van der Waals surface area contributed by atoms with Gasteiger partial charge in [0.25, 0.3) is 0 Å². The summed E-state index contributed by atoms with van der Waals surface area (Å²) in [5.41, 5.74) is 0. The molecule has 1 aliphatic rings. The number of likely N-dealkylation sites (N-methyl/N-ethyl adjacent to an activating group) is 1. The second-order valence-electron chi connectivity index (χ2n) is 4.68. The van der Waals surface area contributed by atoms with Gasteiger partial charge >= 0.3 is 5.97 Å². The first kappa shape index (κ1) is 13.0. The van der Waals surface area contributed by atoms with E-state index in [4.69, 9.17) is 4.74 Å². The fraction of sp³-hybridized carbons (Fsp3) is 0.750. The maximum absolute atomic E-state index is 11.8. The molecule has 1 atom stereocenters. The van der Waals surface area contributed by atoms with Crippen LogP contribution in [0, 0.1) is 6.92 Å². The molecule has 2 rings (SSSR count). The lowest BCUT2D eigenvalue weighted by atomic mass is 10.2. The van der Waals surface area contributed by atoms with Gasteiger partial charge in [0.2, 0.25) is 5.82 Å². The van der Waals surface area contributed by atoms with Gasteiger partial charge in [0, 0.05) is 12.6 Å². The molecule has 2 heterocycles. The summed E-state index contributed by atoms with van der Waals surface area (Å²) in [6, 6.07) is 0.452. The van der Waals surface area contributed by atoms with E-state index < -0.39 is 5.97 Å². The standard InChI is InChI=1S/C12H20N4O2/c1-4-18-12(17)11-14-13-9(2)16(11)8-10-6-5-7-15(10)3/h10H,4-8H2,1-3H3. The lowest BCUT2D eigenvalue weighted by Gasteiger charge is -2.20. The Labute approximate surface area is 107 Å². The third-order valence-corrected chi connectivity index (χ3v) is 3.46. The molecule has 0 saturated carbocycles. The minimum Gasteiger partial charge on any atom is -0.460 e. The monoisotopic (exact) mass is 252 g/mol. The van der Waals surface area contributed by atoms with E-state index in [1.165, 1.54) is 6.42 Å². The molecule has 0 aromatic carbocycles. The first-order valence-electron chi connectivity index (χ1n) is 6.40. The number of aryl methyl sites for hydroxylation is 1. The molecule has 0 radical (unpaired) electrons. The number of nitrogens with zero attached hydrogens (tertiary/aromatic N) is 4. The van der Waals surface area contributed by atoms with E-state index in [0.717, 1.165) is 25.3 Å². The Hall–Kier alpha value is -1.43. The topological polar surface area (TPSA) is 60.2 Å². The Morgan fingerprint density at radius 2 is 2.28 bits per heavy atom. The molecule has 1 saturated heterocycles. The number of ether oxygens (including phenoxy) is 1. The Morgan fingerprint density at radius 3 is 2.89 bits per heavy atom. The SMILES string of the molecule is CCOC(=O)c1nnc(C)n1CC1CCCN1C. The van der Waals surface area contributed by atoms with Crippen LogP contribution >= 0.6 is 0 Å². The van der Waals surface area contributed by atoms with Gasteiger partial charge in [-0.3, -0.25) is 0 Å². The zero-order valence-electron chi connectivity index (χ0n) is 11.2. The highest BCUT2D eigenvalue weighted by molar-refractivity contribution is 5.85. The molecular formula is C12H20N4O2. The summed E-state index contributed by atoms with van der Waals surface area (Å²) in [4.78, 5) is 14.1. The lowest BCUT2D eigenvalue weighted by Crippen LogP contribution is -2.31. The maximum Gasteiger partial charge on any atom is 0.376 e. The van der Waals surface area contributed by atoms with E-state index in [-0.39, 0.29) is 0 Å². The van der Waals surface area contributed by atoms with Gasteiger partial charge in [-0.2, -0.15) is 0 Å². The summed E-state index contributed by atoms with van der Waals surface area (Å²) in [5, 5.41) is 7.90. The minimum absolute atomic E-state index is 0.314. The van der Waals surface area contributed by atoms with Crippen LogP contribution in [0.3, 0.4) is 0 Å². The van der Waals surface area contributed by atoms with Gasteiger partial charge in [-0.1, -0.05) is 0 Å². The molecule has 100 valence electrons. The largest absolute Gasteiger partial charge is 0.460 e. The summed E-state index contributed by atoms with van der Waals surface area (Å²) >= 11 is 0. The van der Waals surface area contributed by atoms with Gasteiger partial charge < -0.3 is 14.2 Å². The van der Waals surface area contributed by atoms with Crippen molar-refractivity contribution < 1.29 is 9.53 Å². The molecule has 0 bridgehead atoms. The molecule has 1 aliphatic heterocycles. The van der Waals surface area contributed by atoms with Crippen LogP contribution in [-0.2, 0) is 11.3 Å². The zero-order chi connectivity index (χ0) is 13.1. The van der Waals surface area contributed by atoms with Crippen LogP contribution < -0.4 is 0 Å². The van der Waals surface area contributed by atoms with Crippen LogP contribution in [0.2, 0.25) is 0 Å². The molecule has 1 aromatic heterocycles. The highest BCUT2D eigenvalue weighted by Crippen LogP contribution is 2.18. The van der Waals surface area contributed by atoms with Crippen molar-refractivity contribution in [2.24, 2.45) is 0 Å². The summed E-state index contributed by atoms with van der Waals surface area (Å²) in [6.45, 7) is 5.87. The summed E-state index contributed by atoms with van der Waals surface area (Å²) in [7, 11) is 2.11. The van der Waals surface area contributed by atoms with Gasteiger partial charge in [0.15, 0.2) is 0 Å². The molecule has 0 spiro atoms. The van der Waals surface area contributed by atoms with E-state index in [1.807, 2.05) is 11.5 Å². The maximum atomic E-state index is 11.8. The third kappa shape index (κ3) is 2.53. The van der Waals surface area contributed by atoms with Gasteiger partial charge in [-0.25, -0.2) is 4.79 Å². The van der Waals surface area contributed by atoms with Gasteiger partial charge in [0.05, 0.1) is 6.61 Å². The molecular weight excluding hydrogens is 232 g/mol. The number of hydrogen-bond donors (Lipinski definition) is 0. The van der Waals surface area contributed by atoms with Crippen molar-refractivity contribution in [2.75, 3.05) is 20.2 Å². The Balaban J connectivity index is 2.16. The van der Waals surface area contributed by atoms with Crippen LogP contribution in [0.15, 0.2) is 0 Å². The Morgan fingerprint density at radius 1 is 1.50 bits per heavy atom. The average Bonchev–Trinajstić information content (AvgIpc) is 2.89. The number of rotatable bonds is 4. The van der Waals surface area contributed by atoms with Crippen LogP contribution in [0.25, 0.3) is 0 Å². The van der Waals surface area contributed by atoms with Crippen LogP contribution in [0.1, 0.15) is 36.2 Å². The van der Waals surface area contributed by atoms with Crippen molar-refractivity contribution in [2.45, 2.75) is 39.3 Å². The van der Waals surface area contributed by atoms with Crippen LogP contribution in [-0.4, -0.2) is 51.9 Å². The second-order valence-corrected chi connectivity index (χ2v) is 4.68. The molecule has 0 aliphatic carbocycles. The van der Waals surface area contributed by atoms with E-state index >= 15 is 0 Å². The summed E-state index contributed by atoms with van der Waals surface area (Å²) in [5.74, 6) is 0.687. The Bertz CT molecular complexity index is 430. The third-order valence-electron chi connectivity index (χ3n) is 3.46. The molecule has 1 fully saturated rings. The first-order valence-corrected chi connectivity index (χ1v) is 6.40. The summed E-state index contributed by atoms with van der Waals surface area (Å²) < 4.78 is 6.86. The number of hydrogen-bond acceptors (Lipinski definition) is 5. The first-order chi connectivity index (χ1) is 8.63. The van der Waals surface area contributed by atoms with Crippen LogP contribution in [0.4, 0.5) is 0 Å². The molecule has 18 heavy (non-hydrogen) atoms. The molecule has 0 amide bonds. The van der Waals surface area contributed by atoms with Crippen molar-refractivity contribution >= 4 is 5.97 Å². The number of aromatic nitrogens is 3. The number of carbonyl (C=O) groups excluding carboxylic acids is 1. The fourth-order valence-electron chi connectivity index (χ4n) is 2.37. The van der Waals surface area contributed by atoms with Crippen molar-refractivity contribution in [3.05, 3.63) is 11.6 Å². The quantitative estimate of drug-likeness (QED) is 0.744. The lowest BCUT2D eigenvalue weighted by molar-refractivity contribution is 0.0503. The zero-order valence-corrected chi connectivity index (χ0v) is 11.2. The normalized spacial score (nSPS) is 20.3. The second kappa shape index (κ2) is 5.48. The average molecular weight is 252 g/mol. The van der Waals surface area contributed by atoms with E-state index in [9.17, 15) is 4.79 Å². The molecule has 0 N–H and O–H groups in total. The fourth-order valence-corrected chi connectivity index (χ4v) is 2.37. The number of likely N-dealkylation sites (tertiary alicyclic amines) is 1. The molecule has 1 unspecified atom stereocenters. The molecule has 6 heteroatoms. The van der Waals surface area contributed by atoms with Crippen LogP contribution in [0.5, 0.6) is 0 Å². The molecule has 6 nitrogen and oxygen atoms in total. The van der Waals surface area contributed by atoms with E-state index in [0.29, 0.717) is 18.5 Å². The highest BCUT2D eigenvalue weighted by atomic mass is 16.5. The van der Waals surface area contributed by atoms with Crippen molar-refractivity contribution in [1.29, 1.82) is 0 Å². The highest BCUT2D eigenvalue weighted by Gasteiger charge is 2.25. The van der Waals surface area contributed by atoms with Crippen molar-refractivity contribution in [3.63, 3.8) is 0 Å². The van der Waals surface area contributed by atoms with Crippen molar-refractivity contribution in [3.8, 4) is 0 Å². The predicted octanol–water partition coefficient (Wildman–Crippen LogP) is 0.857. The molecule has 1 aromatic rings.